The highest BCUT2D eigenvalue weighted by molar-refractivity contribution is 5.82. The van der Waals surface area contributed by atoms with Crippen LogP contribution in [0, 0.1) is 43.4 Å². The standard InChI is InChI=1S/C16H15N5O/c1-10-5-11(2)21(16(22)15(10)8-18)19-9-13-6-14(7-17)20(4)12(13)3/h5-6,9H,1-4H3/b19-9+. The van der Waals surface area contributed by atoms with Crippen LogP contribution in [0.2, 0.25) is 0 Å². The number of aryl methyl sites for hydroxylation is 2. The molecule has 2 aromatic rings. The van der Waals surface area contributed by atoms with Crippen molar-refractivity contribution >= 4 is 6.21 Å². The van der Waals surface area contributed by atoms with Crippen LogP contribution in [0.25, 0.3) is 0 Å². The predicted octanol–water partition coefficient (Wildman–Crippen LogP) is 1.74. The second-order valence-electron chi connectivity index (χ2n) is 5.06. The summed E-state index contributed by atoms with van der Waals surface area (Å²) in [6.45, 7) is 5.35. The maximum absolute atomic E-state index is 12.2. The van der Waals surface area contributed by atoms with Crippen molar-refractivity contribution in [2.75, 3.05) is 0 Å². The van der Waals surface area contributed by atoms with Gasteiger partial charge in [-0.3, -0.25) is 4.79 Å². The molecule has 110 valence electrons. The van der Waals surface area contributed by atoms with Crippen LogP contribution >= 0.6 is 0 Å². The molecule has 0 radical (unpaired) electrons. The first kappa shape index (κ1) is 15.3. The first-order valence-electron chi connectivity index (χ1n) is 6.64. The number of nitriles is 2. The Morgan fingerprint density at radius 2 is 1.86 bits per heavy atom. The molecule has 0 saturated carbocycles. The first-order valence-corrected chi connectivity index (χ1v) is 6.64. The van der Waals surface area contributed by atoms with Crippen molar-refractivity contribution in [3.8, 4) is 12.1 Å². The van der Waals surface area contributed by atoms with E-state index >= 15 is 0 Å². The maximum atomic E-state index is 12.2. The van der Waals surface area contributed by atoms with Gasteiger partial charge in [0.1, 0.15) is 23.4 Å². The molecule has 0 unspecified atom stereocenters. The highest BCUT2D eigenvalue weighted by Crippen LogP contribution is 2.11. The molecule has 22 heavy (non-hydrogen) atoms. The van der Waals surface area contributed by atoms with Gasteiger partial charge in [0.05, 0.1) is 6.21 Å². The van der Waals surface area contributed by atoms with Crippen LogP contribution in [0.1, 0.15) is 33.8 Å². The van der Waals surface area contributed by atoms with Crippen LogP contribution in [0.3, 0.4) is 0 Å². The van der Waals surface area contributed by atoms with E-state index in [1.165, 1.54) is 10.9 Å². The van der Waals surface area contributed by atoms with Crippen LogP contribution in [-0.4, -0.2) is 15.5 Å². The minimum atomic E-state index is -0.439. The highest BCUT2D eigenvalue weighted by Gasteiger charge is 2.10. The number of nitrogens with zero attached hydrogens (tertiary/aromatic N) is 5. The second kappa shape index (κ2) is 5.71. The van der Waals surface area contributed by atoms with Crippen molar-refractivity contribution in [2.24, 2.45) is 12.1 Å². The van der Waals surface area contributed by atoms with E-state index in [1.54, 1.807) is 37.6 Å². The SMILES string of the molecule is Cc1cc(C)n(/N=C/c2cc(C#N)n(C)c2C)c(=O)c1C#N. The van der Waals surface area contributed by atoms with E-state index < -0.39 is 5.56 Å². The average molecular weight is 293 g/mol. The summed E-state index contributed by atoms with van der Waals surface area (Å²) in [6, 6.07) is 7.45. The topological polar surface area (TPSA) is 86.9 Å². The fourth-order valence-electron chi connectivity index (χ4n) is 2.24. The molecule has 0 amide bonds. The zero-order valence-electron chi connectivity index (χ0n) is 12.9. The lowest BCUT2D eigenvalue weighted by molar-refractivity contribution is 0.786. The summed E-state index contributed by atoms with van der Waals surface area (Å²) < 4.78 is 2.96. The lowest BCUT2D eigenvalue weighted by Crippen LogP contribution is -2.22. The zero-order chi connectivity index (χ0) is 16.4. The molecule has 0 atom stereocenters. The van der Waals surface area contributed by atoms with Gasteiger partial charge >= 0.3 is 0 Å². The minimum Gasteiger partial charge on any atom is -0.339 e. The highest BCUT2D eigenvalue weighted by atomic mass is 16.1. The number of aromatic nitrogens is 2. The number of hydrogen-bond donors (Lipinski definition) is 0. The molecule has 0 bridgehead atoms. The van der Waals surface area contributed by atoms with Gasteiger partial charge in [-0.15, -0.1) is 0 Å². The van der Waals surface area contributed by atoms with E-state index in [1.807, 2.05) is 13.0 Å². The fraction of sp³-hybridized carbons (Fsp3) is 0.250. The lowest BCUT2D eigenvalue weighted by Gasteiger charge is -2.06. The fourth-order valence-corrected chi connectivity index (χ4v) is 2.24. The zero-order valence-corrected chi connectivity index (χ0v) is 12.9. The quantitative estimate of drug-likeness (QED) is 0.790. The Morgan fingerprint density at radius 1 is 1.18 bits per heavy atom. The minimum absolute atomic E-state index is 0.0882. The molecule has 0 fully saturated rings. The Hall–Kier alpha value is -3.12. The molecule has 2 rings (SSSR count). The van der Waals surface area contributed by atoms with E-state index in [0.717, 1.165) is 11.3 Å². The van der Waals surface area contributed by atoms with Gasteiger partial charge in [0, 0.05) is 24.0 Å². The van der Waals surface area contributed by atoms with Crippen molar-refractivity contribution in [1.82, 2.24) is 9.24 Å². The molecular weight excluding hydrogens is 278 g/mol. The third-order valence-electron chi connectivity index (χ3n) is 3.67. The number of rotatable bonds is 2. The molecular formula is C16H15N5O. The second-order valence-corrected chi connectivity index (χ2v) is 5.06. The Bertz CT molecular complexity index is 916. The molecule has 0 aromatic carbocycles. The molecule has 0 aliphatic rings. The molecule has 6 nitrogen and oxygen atoms in total. The van der Waals surface area contributed by atoms with Crippen LogP contribution in [0.15, 0.2) is 22.0 Å². The van der Waals surface area contributed by atoms with Crippen molar-refractivity contribution in [2.45, 2.75) is 20.8 Å². The third-order valence-corrected chi connectivity index (χ3v) is 3.67. The molecule has 0 saturated heterocycles. The van der Waals surface area contributed by atoms with Gasteiger partial charge in [0.15, 0.2) is 0 Å². The van der Waals surface area contributed by atoms with E-state index in [2.05, 4.69) is 11.2 Å². The van der Waals surface area contributed by atoms with Crippen LogP contribution in [-0.2, 0) is 7.05 Å². The van der Waals surface area contributed by atoms with Gasteiger partial charge in [0.25, 0.3) is 5.56 Å². The van der Waals surface area contributed by atoms with Crippen LogP contribution in [0.5, 0.6) is 0 Å². The monoisotopic (exact) mass is 293 g/mol. The molecule has 2 aromatic heterocycles. The predicted molar refractivity (Wildman–Crippen MR) is 82.7 cm³/mol. The summed E-state index contributed by atoms with van der Waals surface area (Å²) in [7, 11) is 1.79. The average Bonchev–Trinajstić information content (AvgIpc) is 2.75. The van der Waals surface area contributed by atoms with Crippen LogP contribution in [0.4, 0.5) is 0 Å². The maximum Gasteiger partial charge on any atom is 0.289 e. The molecule has 0 spiro atoms. The Labute approximate surface area is 128 Å². The lowest BCUT2D eigenvalue weighted by atomic mass is 10.1. The molecule has 0 N–H and O–H groups in total. The first-order chi connectivity index (χ1) is 10.4. The van der Waals surface area contributed by atoms with Crippen molar-refractivity contribution in [1.29, 1.82) is 10.5 Å². The molecule has 0 aliphatic heterocycles. The summed E-state index contributed by atoms with van der Waals surface area (Å²) in [4.78, 5) is 12.2. The third kappa shape index (κ3) is 2.43. The van der Waals surface area contributed by atoms with Gasteiger partial charge in [-0.05, 0) is 38.5 Å². The van der Waals surface area contributed by atoms with Crippen molar-refractivity contribution in [3.63, 3.8) is 0 Å². The van der Waals surface area contributed by atoms with Gasteiger partial charge in [0.2, 0.25) is 0 Å². The normalized spacial score (nSPS) is 10.6. The smallest absolute Gasteiger partial charge is 0.289 e. The molecule has 6 heteroatoms. The van der Waals surface area contributed by atoms with Crippen molar-refractivity contribution in [3.05, 3.63) is 56.3 Å². The van der Waals surface area contributed by atoms with Gasteiger partial charge in [-0.2, -0.15) is 15.6 Å². The molecule has 0 aliphatic carbocycles. The van der Waals surface area contributed by atoms with Crippen molar-refractivity contribution < 1.29 is 0 Å². The van der Waals surface area contributed by atoms with Crippen LogP contribution < -0.4 is 5.56 Å². The summed E-state index contributed by atoms with van der Waals surface area (Å²) in [5.74, 6) is 0. The Morgan fingerprint density at radius 3 is 2.41 bits per heavy atom. The van der Waals surface area contributed by atoms with Gasteiger partial charge in [-0.1, -0.05) is 0 Å². The summed E-state index contributed by atoms with van der Waals surface area (Å²) in [6.07, 6.45) is 1.53. The van der Waals surface area contributed by atoms with Gasteiger partial charge in [-0.25, -0.2) is 4.68 Å². The summed E-state index contributed by atoms with van der Waals surface area (Å²) in [5.41, 5.74) is 3.08. The number of hydrogen-bond acceptors (Lipinski definition) is 4. The van der Waals surface area contributed by atoms with Gasteiger partial charge < -0.3 is 4.57 Å². The molecule has 2 heterocycles. The number of pyridine rings is 1. The summed E-state index contributed by atoms with van der Waals surface area (Å²) >= 11 is 0. The van der Waals surface area contributed by atoms with E-state index in [4.69, 9.17) is 10.5 Å². The Balaban J connectivity index is 2.56. The van der Waals surface area contributed by atoms with E-state index in [0.29, 0.717) is 17.0 Å². The van der Waals surface area contributed by atoms with E-state index in [9.17, 15) is 4.79 Å². The van der Waals surface area contributed by atoms with E-state index in [-0.39, 0.29) is 5.56 Å². The Kier molecular flexibility index (Phi) is 3.96. The largest absolute Gasteiger partial charge is 0.339 e. The summed E-state index contributed by atoms with van der Waals surface area (Å²) in [5, 5.41) is 22.3.